The number of nitrogens with one attached hydrogen (secondary N) is 1. The van der Waals surface area contributed by atoms with Gasteiger partial charge < -0.3 is 0 Å². The van der Waals surface area contributed by atoms with Crippen molar-refractivity contribution in [2.75, 3.05) is 6.54 Å². The quantitative estimate of drug-likeness (QED) is 0.820. The van der Waals surface area contributed by atoms with Gasteiger partial charge in [0.15, 0.2) is 0 Å². The van der Waals surface area contributed by atoms with Crippen LogP contribution in [0.15, 0.2) is 35.6 Å². The van der Waals surface area contributed by atoms with Gasteiger partial charge in [-0.3, -0.25) is 5.01 Å². The minimum Gasteiger partial charge on any atom is -0.298 e. The second kappa shape index (κ2) is 6.80. The van der Waals surface area contributed by atoms with Crippen molar-refractivity contribution in [1.29, 1.82) is 0 Å². The lowest BCUT2D eigenvalue weighted by molar-refractivity contribution is -0.146. The van der Waals surface area contributed by atoms with E-state index in [4.69, 9.17) is 0 Å². The van der Waals surface area contributed by atoms with Gasteiger partial charge in [-0.15, -0.1) is 0 Å². The molecule has 0 fully saturated rings. The largest absolute Gasteiger partial charge is 0.407 e. The van der Waals surface area contributed by atoms with Crippen LogP contribution in [0.2, 0.25) is 0 Å². The van der Waals surface area contributed by atoms with Gasteiger partial charge in [0, 0.05) is 6.04 Å². The highest BCUT2D eigenvalue weighted by Gasteiger charge is 2.34. The van der Waals surface area contributed by atoms with Crippen molar-refractivity contribution in [2.24, 2.45) is 0 Å². The Bertz CT molecular complexity index is 381. The average Bonchev–Trinajstić information content (AvgIpc) is 2.71. The van der Waals surface area contributed by atoms with Crippen molar-refractivity contribution in [2.45, 2.75) is 45.8 Å². The van der Waals surface area contributed by atoms with Crippen LogP contribution in [0.4, 0.5) is 13.2 Å². The molecule has 0 radical (unpaired) electrons. The Kier molecular flexibility index (Phi) is 5.66. The van der Waals surface area contributed by atoms with E-state index in [9.17, 15) is 13.2 Å². The zero-order valence-electron chi connectivity index (χ0n) is 11.6. The molecule has 5 heteroatoms. The predicted molar refractivity (Wildman–Crippen MR) is 71.2 cm³/mol. The predicted octanol–water partition coefficient (Wildman–Crippen LogP) is 3.94. The third-order valence-corrected chi connectivity index (χ3v) is 2.69. The standard InChI is InChI=1S/C12H15F3N2.C2H6/c1-9-7-11(10-5-3-2-4-6-10)17(16-9)8-12(13,14)15;1-2/h3,5-7,9,16H,2,4,8H2,1H3;1-2H3. The Morgan fingerprint density at radius 1 is 1.32 bits per heavy atom. The molecule has 0 aromatic heterocycles. The van der Waals surface area contributed by atoms with Gasteiger partial charge in [-0.1, -0.05) is 32.1 Å². The smallest absolute Gasteiger partial charge is 0.298 e. The third-order valence-electron chi connectivity index (χ3n) is 2.69. The molecule has 0 saturated heterocycles. The fraction of sp³-hybridized carbons (Fsp3) is 0.571. The number of halogens is 3. The molecule has 1 aliphatic carbocycles. The molecule has 2 aliphatic rings. The second-order valence-electron chi connectivity index (χ2n) is 4.31. The van der Waals surface area contributed by atoms with Crippen LogP contribution in [-0.2, 0) is 0 Å². The van der Waals surface area contributed by atoms with E-state index in [-0.39, 0.29) is 6.04 Å². The number of alkyl halides is 3. The summed E-state index contributed by atoms with van der Waals surface area (Å²) in [4.78, 5) is 0. The normalized spacial score (nSPS) is 22.6. The maximum absolute atomic E-state index is 12.4. The van der Waals surface area contributed by atoms with E-state index in [2.05, 4.69) is 5.43 Å². The molecule has 19 heavy (non-hydrogen) atoms. The first-order valence-electron chi connectivity index (χ1n) is 6.65. The topological polar surface area (TPSA) is 15.3 Å². The number of rotatable bonds is 2. The molecule has 0 bridgehead atoms. The summed E-state index contributed by atoms with van der Waals surface area (Å²) in [5.74, 6) is 0. The van der Waals surface area contributed by atoms with Crippen LogP contribution in [0, 0.1) is 0 Å². The van der Waals surface area contributed by atoms with Crippen LogP contribution < -0.4 is 5.43 Å². The van der Waals surface area contributed by atoms with E-state index < -0.39 is 12.7 Å². The number of hydrogen-bond donors (Lipinski definition) is 1. The first-order chi connectivity index (χ1) is 8.96. The van der Waals surface area contributed by atoms with Crippen LogP contribution in [-0.4, -0.2) is 23.8 Å². The second-order valence-corrected chi connectivity index (χ2v) is 4.31. The van der Waals surface area contributed by atoms with Crippen LogP contribution in [0.5, 0.6) is 0 Å². The fourth-order valence-corrected chi connectivity index (χ4v) is 2.04. The lowest BCUT2D eigenvalue weighted by atomic mass is 10.0. The van der Waals surface area contributed by atoms with Crippen LogP contribution in [0.1, 0.15) is 33.6 Å². The van der Waals surface area contributed by atoms with Crippen molar-refractivity contribution >= 4 is 0 Å². The molecule has 1 heterocycles. The molecule has 108 valence electrons. The zero-order valence-corrected chi connectivity index (χ0v) is 11.6. The number of nitrogens with zero attached hydrogens (tertiary/aromatic N) is 1. The van der Waals surface area contributed by atoms with Gasteiger partial charge in [-0.05, 0) is 31.4 Å². The highest BCUT2D eigenvalue weighted by atomic mass is 19.4. The molecule has 0 amide bonds. The lowest BCUT2D eigenvalue weighted by Crippen LogP contribution is -2.42. The maximum Gasteiger partial charge on any atom is 0.407 e. The first kappa shape index (κ1) is 15.8. The molecule has 0 spiro atoms. The molecular formula is C14H21F3N2. The van der Waals surface area contributed by atoms with Gasteiger partial charge in [0.05, 0.1) is 5.70 Å². The van der Waals surface area contributed by atoms with E-state index in [0.717, 1.165) is 18.4 Å². The minimum absolute atomic E-state index is 0.0661. The third kappa shape index (κ3) is 4.74. The zero-order chi connectivity index (χ0) is 14.5. The van der Waals surface area contributed by atoms with Gasteiger partial charge in [0.2, 0.25) is 0 Å². The summed E-state index contributed by atoms with van der Waals surface area (Å²) in [6, 6.07) is -0.0661. The summed E-state index contributed by atoms with van der Waals surface area (Å²) < 4.78 is 37.3. The maximum atomic E-state index is 12.4. The van der Waals surface area contributed by atoms with Crippen molar-refractivity contribution in [3.05, 3.63) is 35.6 Å². The van der Waals surface area contributed by atoms with E-state index in [1.54, 1.807) is 0 Å². The molecule has 1 unspecified atom stereocenters. The molecule has 2 rings (SSSR count). The minimum atomic E-state index is -4.20. The van der Waals surface area contributed by atoms with Crippen LogP contribution in [0.25, 0.3) is 0 Å². The molecule has 1 atom stereocenters. The summed E-state index contributed by atoms with van der Waals surface area (Å²) in [6.45, 7) is 4.87. The Balaban J connectivity index is 0.000000861. The molecule has 1 aliphatic heterocycles. The van der Waals surface area contributed by atoms with E-state index in [1.807, 2.05) is 45.1 Å². The van der Waals surface area contributed by atoms with Gasteiger partial charge in [-0.2, -0.15) is 13.2 Å². The van der Waals surface area contributed by atoms with Crippen molar-refractivity contribution in [3.63, 3.8) is 0 Å². The highest BCUT2D eigenvalue weighted by Crippen LogP contribution is 2.27. The number of hydrazine groups is 1. The van der Waals surface area contributed by atoms with E-state index >= 15 is 0 Å². The van der Waals surface area contributed by atoms with Crippen LogP contribution >= 0.6 is 0 Å². The Morgan fingerprint density at radius 2 is 2.00 bits per heavy atom. The summed E-state index contributed by atoms with van der Waals surface area (Å²) in [6.07, 6.45) is 5.33. The SMILES string of the molecule is CC.CC1C=C(C2=CCCC=C2)N(CC(F)(F)F)N1. The van der Waals surface area contributed by atoms with Gasteiger partial charge in [-0.25, -0.2) is 5.43 Å². The fourth-order valence-electron chi connectivity index (χ4n) is 2.04. The average molecular weight is 274 g/mol. The van der Waals surface area contributed by atoms with Crippen LogP contribution in [0.3, 0.4) is 0 Å². The Labute approximate surface area is 112 Å². The van der Waals surface area contributed by atoms with Gasteiger partial charge >= 0.3 is 6.18 Å². The van der Waals surface area contributed by atoms with Gasteiger partial charge in [0.1, 0.15) is 6.54 Å². The van der Waals surface area contributed by atoms with Gasteiger partial charge in [0.25, 0.3) is 0 Å². The molecule has 2 nitrogen and oxygen atoms in total. The first-order valence-corrected chi connectivity index (χ1v) is 6.65. The molecular weight excluding hydrogens is 253 g/mol. The molecule has 0 saturated carbocycles. The lowest BCUT2D eigenvalue weighted by Gasteiger charge is -2.25. The molecule has 0 aromatic rings. The van der Waals surface area contributed by atoms with E-state index in [0.29, 0.717) is 5.70 Å². The summed E-state index contributed by atoms with van der Waals surface area (Å²) >= 11 is 0. The summed E-state index contributed by atoms with van der Waals surface area (Å²) in [7, 11) is 0. The molecule has 1 N–H and O–H groups in total. The van der Waals surface area contributed by atoms with Crippen molar-refractivity contribution < 1.29 is 13.2 Å². The monoisotopic (exact) mass is 274 g/mol. The van der Waals surface area contributed by atoms with E-state index in [1.165, 1.54) is 5.01 Å². The Hall–Kier alpha value is -1.23. The van der Waals surface area contributed by atoms with Crippen molar-refractivity contribution in [3.8, 4) is 0 Å². The number of hydrogen-bond acceptors (Lipinski definition) is 2. The summed E-state index contributed by atoms with van der Waals surface area (Å²) in [5, 5.41) is 1.19. The van der Waals surface area contributed by atoms with Crippen molar-refractivity contribution in [1.82, 2.24) is 10.4 Å². The number of allylic oxidation sites excluding steroid dienone is 3. The Morgan fingerprint density at radius 3 is 2.53 bits per heavy atom. The summed E-state index contributed by atoms with van der Waals surface area (Å²) in [5.41, 5.74) is 4.31. The highest BCUT2D eigenvalue weighted by molar-refractivity contribution is 5.42. The molecule has 0 aromatic carbocycles.